The highest BCUT2D eigenvalue weighted by molar-refractivity contribution is 5.76. The second-order valence-electron chi connectivity index (χ2n) is 5.67. The second-order valence-corrected chi connectivity index (χ2v) is 5.67. The number of nitrogens with one attached hydrogen (secondary N) is 2. The van der Waals surface area contributed by atoms with Crippen LogP contribution < -0.4 is 15.4 Å². The van der Waals surface area contributed by atoms with Gasteiger partial charge in [-0.25, -0.2) is 4.68 Å². The Morgan fingerprint density at radius 2 is 2.14 bits per heavy atom. The van der Waals surface area contributed by atoms with Gasteiger partial charge in [0.25, 0.3) is 0 Å². The highest BCUT2D eigenvalue weighted by Gasteiger charge is 2.17. The van der Waals surface area contributed by atoms with E-state index in [4.69, 9.17) is 4.74 Å². The van der Waals surface area contributed by atoms with Crippen molar-refractivity contribution in [3.63, 3.8) is 0 Å². The molecule has 21 heavy (non-hydrogen) atoms. The van der Waals surface area contributed by atoms with Gasteiger partial charge in [0, 0.05) is 32.6 Å². The van der Waals surface area contributed by atoms with E-state index in [1.807, 2.05) is 14.0 Å². The van der Waals surface area contributed by atoms with E-state index in [-0.39, 0.29) is 5.91 Å². The van der Waals surface area contributed by atoms with Gasteiger partial charge < -0.3 is 15.4 Å². The number of ether oxygens (including phenoxy) is 1. The fraction of sp³-hybridized carbons (Fsp3) is 0.733. The molecule has 1 aliphatic rings. The van der Waals surface area contributed by atoms with Gasteiger partial charge in [-0.3, -0.25) is 4.79 Å². The highest BCUT2D eigenvalue weighted by Crippen LogP contribution is 2.20. The summed E-state index contributed by atoms with van der Waals surface area (Å²) in [7, 11) is 3.51. The van der Waals surface area contributed by atoms with Gasteiger partial charge in [0.05, 0.1) is 18.4 Å². The maximum atomic E-state index is 11.8. The quantitative estimate of drug-likeness (QED) is 0.743. The zero-order chi connectivity index (χ0) is 15.2. The number of amides is 1. The van der Waals surface area contributed by atoms with Gasteiger partial charge >= 0.3 is 0 Å². The molecule has 1 aromatic heterocycles. The third kappa shape index (κ3) is 4.20. The molecule has 1 aliphatic carbocycles. The molecule has 6 heteroatoms. The van der Waals surface area contributed by atoms with Crippen LogP contribution in [0.1, 0.15) is 43.4 Å². The van der Waals surface area contributed by atoms with Gasteiger partial charge in [-0.1, -0.05) is 12.8 Å². The predicted molar refractivity (Wildman–Crippen MR) is 81.2 cm³/mol. The van der Waals surface area contributed by atoms with Crippen LogP contribution in [0.25, 0.3) is 0 Å². The van der Waals surface area contributed by atoms with Crippen LogP contribution in [0.2, 0.25) is 0 Å². The van der Waals surface area contributed by atoms with E-state index in [1.165, 1.54) is 12.8 Å². The van der Waals surface area contributed by atoms with Crippen LogP contribution in [0, 0.1) is 6.92 Å². The van der Waals surface area contributed by atoms with Gasteiger partial charge in [0.2, 0.25) is 11.8 Å². The first-order valence-electron chi connectivity index (χ1n) is 7.68. The standard InChI is InChI=1S/C15H26N4O2/c1-11-13(15(21-3)19(2)18-11)10-16-9-8-14(20)17-12-6-4-5-7-12/h12,16H,4-10H2,1-3H3,(H,17,20). The van der Waals surface area contributed by atoms with Gasteiger partial charge in [-0.15, -0.1) is 0 Å². The Morgan fingerprint density at radius 3 is 2.81 bits per heavy atom. The van der Waals surface area contributed by atoms with Crippen molar-refractivity contribution in [3.05, 3.63) is 11.3 Å². The van der Waals surface area contributed by atoms with Crippen molar-refractivity contribution in [2.24, 2.45) is 7.05 Å². The molecule has 1 amide bonds. The Balaban J connectivity index is 1.70. The Morgan fingerprint density at radius 1 is 1.43 bits per heavy atom. The van der Waals surface area contributed by atoms with E-state index in [0.717, 1.165) is 30.0 Å². The molecule has 0 unspecified atom stereocenters. The summed E-state index contributed by atoms with van der Waals surface area (Å²) in [6.45, 7) is 3.29. The summed E-state index contributed by atoms with van der Waals surface area (Å²) >= 11 is 0. The number of carbonyl (C=O) groups excluding carboxylic acids is 1. The van der Waals surface area contributed by atoms with Gasteiger partial charge in [0.15, 0.2) is 0 Å². The van der Waals surface area contributed by atoms with Crippen LogP contribution in [-0.4, -0.2) is 35.4 Å². The average molecular weight is 294 g/mol. The number of hydrogen-bond donors (Lipinski definition) is 2. The minimum atomic E-state index is 0.143. The molecule has 0 spiro atoms. The number of methoxy groups -OCH3 is 1. The fourth-order valence-corrected chi connectivity index (χ4v) is 2.92. The molecule has 0 aliphatic heterocycles. The van der Waals surface area contributed by atoms with Crippen LogP contribution in [0.3, 0.4) is 0 Å². The monoisotopic (exact) mass is 294 g/mol. The first-order chi connectivity index (χ1) is 10.1. The lowest BCUT2D eigenvalue weighted by Gasteiger charge is -2.12. The van der Waals surface area contributed by atoms with Crippen LogP contribution in [0.15, 0.2) is 0 Å². The van der Waals surface area contributed by atoms with Crippen molar-refractivity contribution in [2.45, 2.75) is 51.6 Å². The van der Waals surface area contributed by atoms with E-state index in [1.54, 1.807) is 11.8 Å². The van der Waals surface area contributed by atoms with Crippen LogP contribution in [0.4, 0.5) is 0 Å². The molecule has 0 saturated heterocycles. The molecule has 1 heterocycles. The maximum Gasteiger partial charge on any atom is 0.221 e. The summed E-state index contributed by atoms with van der Waals surface area (Å²) in [6.07, 6.45) is 5.25. The highest BCUT2D eigenvalue weighted by atomic mass is 16.5. The summed E-state index contributed by atoms with van der Waals surface area (Å²) in [6, 6.07) is 0.401. The van der Waals surface area contributed by atoms with Crippen LogP contribution in [-0.2, 0) is 18.4 Å². The Hall–Kier alpha value is -1.56. The zero-order valence-corrected chi connectivity index (χ0v) is 13.2. The fourth-order valence-electron chi connectivity index (χ4n) is 2.92. The minimum Gasteiger partial charge on any atom is -0.481 e. The molecule has 1 saturated carbocycles. The molecule has 6 nitrogen and oxygen atoms in total. The van der Waals surface area contributed by atoms with Crippen molar-refractivity contribution < 1.29 is 9.53 Å². The molecule has 0 bridgehead atoms. The molecule has 118 valence electrons. The van der Waals surface area contributed by atoms with Crippen molar-refractivity contribution in [2.75, 3.05) is 13.7 Å². The number of aromatic nitrogens is 2. The maximum absolute atomic E-state index is 11.8. The summed E-state index contributed by atoms with van der Waals surface area (Å²) in [5, 5.41) is 10.7. The first-order valence-corrected chi connectivity index (χ1v) is 7.68. The van der Waals surface area contributed by atoms with Crippen LogP contribution in [0.5, 0.6) is 5.88 Å². The Kier molecular flexibility index (Phi) is 5.61. The molecule has 0 aromatic carbocycles. The topological polar surface area (TPSA) is 68.2 Å². The lowest BCUT2D eigenvalue weighted by molar-refractivity contribution is -0.121. The smallest absolute Gasteiger partial charge is 0.221 e. The van der Waals surface area contributed by atoms with Crippen molar-refractivity contribution in [1.29, 1.82) is 0 Å². The van der Waals surface area contributed by atoms with Gasteiger partial charge in [-0.2, -0.15) is 5.10 Å². The summed E-state index contributed by atoms with van der Waals surface area (Å²) in [4.78, 5) is 11.8. The first kappa shape index (κ1) is 15.8. The average Bonchev–Trinajstić information content (AvgIpc) is 3.03. The Labute approximate surface area is 126 Å². The summed E-state index contributed by atoms with van der Waals surface area (Å²) in [5.41, 5.74) is 2.01. The number of carbonyl (C=O) groups is 1. The number of nitrogens with zero attached hydrogens (tertiary/aromatic N) is 2. The molecule has 0 radical (unpaired) electrons. The third-order valence-electron chi connectivity index (χ3n) is 4.03. The number of rotatable bonds is 7. The van der Waals surface area contributed by atoms with E-state index in [9.17, 15) is 4.79 Å². The van der Waals surface area contributed by atoms with Gasteiger partial charge in [0.1, 0.15) is 0 Å². The van der Waals surface area contributed by atoms with E-state index >= 15 is 0 Å². The summed E-state index contributed by atoms with van der Waals surface area (Å²) in [5.74, 6) is 0.916. The third-order valence-corrected chi connectivity index (χ3v) is 4.03. The largest absolute Gasteiger partial charge is 0.481 e. The van der Waals surface area contributed by atoms with Gasteiger partial charge in [-0.05, 0) is 19.8 Å². The number of aryl methyl sites for hydroxylation is 2. The van der Waals surface area contributed by atoms with E-state index < -0.39 is 0 Å². The molecule has 0 atom stereocenters. The lowest BCUT2D eigenvalue weighted by atomic mass is 10.2. The minimum absolute atomic E-state index is 0.143. The number of hydrogen-bond acceptors (Lipinski definition) is 4. The van der Waals surface area contributed by atoms with Crippen molar-refractivity contribution >= 4 is 5.91 Å². The SMILES string of the molecule is COc1c(CNCCC(=O)NC2CCCC2)c(C)nn1C. The molecular weight excluding hydrogens is 268 g/mol. The van der Waals surface area contributed by atoms with E-state index in [2.05, 4.69) is 15.7 Å². The Bertz CT molecular complexity index is 478. The second kappa shape index (κ2) is 7.45. The molecule has 2 N–H and O–H groups in total. The molecule has 1 fully saturated rings. The normalized spacial score (nSPS) is 15.4. The van der Waals surface area contributed by atoms with Crippen LogP contribution >= 0.6 is 0 Å². The van der Waals surface area contributed by atoms with Crippen molar-refractivity contribution in [1.82, 2.24) is 20.4 Å². The molecule has 2 rings (SSSR count). The summed E-state index contributed by atoms with van der Waals surface area (Å²) < 4.78 is 7.08. The lowest BCUT2D eigenvalue weighted by Crippen LogP contribution is -2.34. The molecular formula is C15H26N4O2. The predicted octanol–water partition coefficient (Wildman–Crippen LogP) is 1.28. The van der Waals surface area contributed by atoms with Crippen molar-refractivity contribution in [3.8, 4) is 5.88 Å². The zero-order valence-electron chi connectivity index (χ0n) is 13.2. The molecule has 1 aromatic rings. The van der Waals surface area contributed by atoms with E-state index in [0.29, 0.717) is 25.6 Å².